The molecule has 0 unspecified atom stereocenters. The van der Waals surface area contributed by atoms with Gasteiger partial charge in [0.2, 0.25) is 5.88 Å². The highest BCUT2D eigenvalue weighted by Crippen LogP contribution is 2.25. The molecule has 3 rings (SSSR count). The van der Waals surface area contributed by atoms with Crippen molar-refractivity contribution >= 4 is 5.91 Å². The minimum atomic E-state index is -0.318. The zero-order chi connectivity index (χ0) is 19.2. The van der Waals surface area contributed by atoms with Gasteiger partial charge in [-0.1, -0.05) is 12.1 Å². The van der Waals surface area contributed by atoms with E-state index in [1.54, 1.807) is 23.9 Å². The van der Waals surface area contributed by atoms with E-state index in [0.717, 1.165) is 11.3 Å². The van der Waals surface area contributed by atoms with E-state index in [-0.39, 0.29) is 17.0 Å². The zero-order valence-corrected chi connectivity index (χ0v) is 15.4. The fraction of sp³-hybridized carbons (Fsp3) is 0.238. The van der Waals surface area contributed by atoms with Crippen molar-refractivity contribution in [3.05, 3.63) is 71.2 Å². The zero-order valence-electron chi connectivity index (χ0n) is 15.4. The largest absolute Gasteiger partial charge is 0.494 e. The van der Waals surface area contributed by atoms with Crippen molar-refractivity contribution in [2.24, 2.45) is 0 Å². The molecule has 0 radical (unpaired) electrons. The minimum Gasteiger partial charge on any atom is -0.494 e. The molecule has 0 fully saturated rings. The quantitative estimate of drug-likeness (QED) is 0.648. The topological polar surface area (TPSA) is 80.2 Å². The van der Waals surface area contributed by atoms with E-state index >= 15 is 0 Å². The van der Waals surface area contributed by atoms with Crippen LogP contribution in [-0.4, -0.2) is 23.6 Å². The summed E-state index contributed by atoms with van der Waals surface area (Å²) in [7, 11) is 0. The maximum absolute atomic E-state index is 12.5. The molecule has 0 atom stereocenters. The third-order valence-corrected chi connectivity index (χ3v) is 4.11. The van der Waals surface area contributed by atoms with Crippen molar-refractivity contribution in [1.82, 2.24) is 9.88 Å². The van der Waals surface area contributed by atoms with Crippen molar-refractivity contribution in [2.45, 2.75) is 20.3 Å². The lowest BCUT2D eigenvalue weighted by molar-refractivity contribution is 0.0950. The number of hydrogen-bond donors (Lipinski definition) is 1. The summed E-state index contributed by atoms with van der Waals surface area (Å²) in [5, 5.41) is 12.3. The highest BCUT2D eigenvalue weighted by atomic mass is 16.5. The standard InChI is InChI=1S/C21H21N3O3/c1-15-7-5-8-17(13-15)26-12-6-9-23-20(25)19-16(2)27-21(18(19)14-22)24-10-3-4-11-24/h3-5,7-8,10-11,13H,6,9,12H2,1-2H3,(H,23,25). The van der Waals surface area contributed by atoms with Crippen LogP contribution < -0.4 is 10.1 Å². The van der Waals surface area contributed by atoms with Crippen molar-refractivity contribution in [3.63, 3.8) is 0 Å². The third kappa shape index (κ3) is 4.21. The number of ether oxygens (including phenoxy) is 1. The maximum Gasteiger partial charge on any atom is 0.256 e. The van der Waals surface area contributed by atoms with Gasteiger partial charge in [0.1, 0.15) is 28.7 Å². The Hall–Kier alpha value is -3.46. The van der Waals surface area contributed by atoms with Gasteiger partial charge in [-0.05, 0) is 50.1 Å². The second-order valence-electron chi connectivity index (χ2n) is 6.19. The molecule has 0 saturated heterocycles. The molecule has 6 heteroatoms. The van der Waals surface area contributed by atoms with Crippen LogP contribution in [0.4, 0.5) is 0 Å². The van der Waals surface area contributed by atoms with Gasteiger partial charge in [0.05, 0.1) is 6.61 Å². The van der Waals surface area contributed by atoms with Crippen LogP contribution in [0, 0.1) is 25.2 Å². The Morgan fingerprint density at radius 3 is 2.74 bits per heavy atom. The molecule has 1 amide bonds. The molecule has 3 aromatic rings. The number of hydrogen-bond acceptors (Lipinski definition) is 4. The Morgan fingerprint density at radius 1 is 1.26 bits per heavy atom. The first-order valence-electron chi connectivity index (χ1n) is 8.74. The van der Waals surface area contributed by atoms with Gasteiger partial charge in [0.25, 0.3) is 5.91 Å². The van der Waals surface area contributed by atoms with Gasteiger partial charge in [0.15, 0.2) is 0 Å². The van der Waals surface area contributed by atoms with E-state index in [1.807, 2.05) is 43.3 Å². The normalized spacial score (nSPS) is 10.4. The summed E-state index contributed by atoms with van der Waals surface area (Å²) < 4.78 is 13.0. The predicted molar refractivity (Wildman–Crippen MR) is 101 cm³/mol. The second-order valence-corrected chi connectivity index (χ2v) is 6.19. The van der Waals surface area contributed by atoms with Crippen LogP contribution in [0.5, 0.6) is 5.75 Å². The van der Waals surface area contributed by atoms with Gasteiger partial charge in [-0.15, -0.1) is 0 Å². The fourth-order valence-electron chi connectivity index (χ4n) is 2.82. The molecule has 6 nitrogen and oxygen atoms in total. The first kappa shape index (κ1) is 18.3. The number of carbonyl (C=O) groups excluding carboxylic acids is 1. The Bertz CT molecular complexity index is 965. The summed E-state index contributed by atoms with van der Waals surface area (Å²) in [5.41, 5.74) is 1.65. The number of nitriles is 1. The first-order valence-corrected chi connectivity index (χ1v) is 8.74. The second kappa shape index (κ2) is 8.28. The summed E-state index contributed by atoms with van der Waals surface area (Å²) in [4.78, 5) is 12.5. The number of carbonyl (C=O) groups is 1. The molecular weight excluding hydrogens is 342 g/mol. The van der Waals surface area contributed by atoms with E-state index in [1.165, 1.54) is 0 Å². The van der Waals surface area contributed by atoms with E-state index in [4.69, 9.17) is 9.15 Å². The van der Waals surface area contributed by atoms with E-state index < -0.39 is 0 Å². The lowest BCUT2D eigenvalue weighted by Crippen LogP contribution is -2.26. The SMILES string of the molecule is Cc1cccc(OCCCNC(=O)c2c(C)oc(-n3cccc3)c2C#N)c1. The number of nitrogens with one attached hydrogen (secondary N) is 1. The molecule has 0 saturated carbocycles. The van der Waals surface area contributed by atoms with Crippen LogP contribution in [0.3, 0.4) is 0 Å². The average molecular weight is 363 g/mol. The molecule has 2 aromatic heterocycles. The van der Waals surface area contributed by atoms with Crippen LogP contribution in [0.15, 0.2) is 53.2 Å². The average Bonchev–Trinajstić information content (AvgIpc) is 3.28. The molecule has 138 valence electrons. The number of aryl methyl sites for hydroxylation is 2. The summed E-state index contributed by atoms with van der Waals surface area (Å²) in [6.45, 7) is 4.63. The minimum absolute atomic E-state index is 0.234. The third-order valence-electron chi connectivity index (χ3n) is 4.11. The van der Waals surface area contributed by atoms with Gasteiger partial charge >= 0.3 is 0 Å². The van der Waals surface area contributed by atoms with Crippen molar-refractivity contribution in [2.75, 3.05) is 13.2 Å². The maximum atomic E-state index is 12.5. The highest BCUT2D eigenvalue weighted by molar-refractivity contribution is 5.98. The predicted octanol–water partition coefficient (Wildman–Crippen LogP) is 3.76. The number of rotatable bonds is 7. The van der Waals surface area contributed by atoms with Crippen molar-refractivity contribution < 1.29 is 13.9 Å². The number of amides is 1. The van der Waals surface area contributed by atoms with Crippen LogP contribution in [0.2, 0.25) is 0 Å². The fourth-order valence-corrected chi connectivity index (χ4v) is 2.82. The molecule has 2 heterocycles. The van der Waals surface area contributed by atoms with Crippen LogP contribution in [0.25, 0.3) is 5.88 Å². The molecular formula is C21H21N3O3. The smallest absolute Gasteiger partial charge is 0.256 e. The van der Waals surface area contributed by atoms with E-state index in [0.29, 0.717) is 31.2 Å². The van der Waals surface area contributed by atoms with Crippen LogP contribution in [-0.2, 0) is 0 Å². The summed E-state index contributed by atoms with van der Waals surface area (Å²) in [5.74, 6) is 1.27. The number of aromatic nitrogens is 1. The molecule has 0 spiro atoms. The molecule has 0 aliphatic heterocycles. The lowest BCUT2D eigenvalue weighted by atomic mass is 10.1. The van der Waals surface area contributed by atoms with Crippen molar-refractivity contribution in [3.8, 4) is 17.7 Å². The van der Waals surface area contributed by atoms with E-state index in [9.17, 15) is 10.1 Å². The first-order chi connectivity index (χ1) is 13.1. The molecule has 0 aliphatic carbocycles. The van der Waals surface area contributed by atoms with Crippen LogP contribution >= 0.6 is 0 Å². The monoisotopic (exact) mass is 363 g/mol. The lowest BCUT2D eigenvalue weighted by Gasteiger charge is -2.08. The molecule has 27 heavy (non-hydrogen) atoms. The van der Waals surface area contributed by atoms with Gasteiger partial charge < -0.3 is 14.5 Å². The Labute approximate surface area is 158 Å². The van der Waals surface area contributed by atoms with Gasteiger partial charge in [-0.3, -0.25) is 9.36 Å². The number of furan rings is 1. The molecule has 0 aliphatic rings. The molecule has 1 aromatic carbocycles. The Morgan fingerprint density at radius 2 is 2.04 bits per heavy atom. The number of benzene rings is 1. The Kier molecular flexibility index (Phi) is 5.62. The Balaban J connectivity index is 1.58. The number of nitrogens with zero attached hydrogens (tertiary/aromatic N) is 2. The summed E-state index contributed by atoms with van der Waals surface area (Å²) in [6.07, 6.45) is 4.19. The molecule has 1 N–H and O–H groups in total. The summed E-state index contributed by atoms with van der Waals surface area (Å²) in [6, 6.07) is 13.6. The van der Waals surface area contributed by atoms with E-state index in [2.05, 4.69) is 11.4 Å². The van der Waals surface area contributed by atoms with Gasteiger partial charge in [-0.2, -0.15) is 5.26 Å². The molecule has 0 bridgehead atoms. The van der Waals surface area contributed by atoms with Crippen LogP contribution in [0.1, 0.15) is 33.7 Å². The summed E-state index contributed by atoms with van der Waals surface area (Å²) >= 11 is 0. The highest BCUT2D eigenvalue weighted by Gasteiger charge is 2.24. The van der Waals surface area contributed by atoms with Crippen molar-refractivity contribution in [1.29, 1.82) is 5.26 Å². The van der Waals surface area contributed by atoms with Gasteiger partial charge in [0, 0.05) is 18.9 Å². The van der Waals surface area contributed by atoms with Gasteiger partial charge in [-0.25, -0.2) is 0 Å².